The highest BCUT2D eigenvalue weighted by molar-refractivity contribution is 6.42. The van der Waals surface area contributed by atoms with Crippen molar-refractivity contribution in [1.29, 1.82) is 0 Å². The van der Waals surface area contributed by atoms with Gasteiger partial charge in [0.1, 0.15) is 11.8 Å². The van der Waals surface area contributed by atoms with Crippen LogP contribution in [0.2, 0.25) is 10.0 Å². The summed E-state index contributed by atoms with van der Waals surface area (Å²) in [5.74, 6) is 0.358. The number of halogens is 2. The lowest BCUT2D eigenvalue weighted by Gasteiger charge is -2.70. The lowest BCUT2D eigenvalue weighted by molar-refractivity contribution is -0.151. The Balaban J connectivity index is 1.20. The Morgan fingerprint density at radius 1 is 1.22 bits per heavy atom. The smallest absolute Gasteiger partial charge is 0.258 e. The Labute approximate surface area is 167 Å². The maximum Gasteiger partial charge on any atom is 0.258 e. The van der Waals surface area contributed by atoms with Crippen molar-refractivity contribution in [3.63, 3.8) is 0 Å². The van der Waals surface area contributed by atoms with Crippen molar-refractivity contribution in [1.82, 2.24) is 21.1 Å². The van der Waals surface area contributed by atoms with Gasteiger partial charge in [-0.1, -0.05) is 23.2 Å². The van der Waals surface area contributed by atoms with Crippen molar-refractivity contribution in [2.24, 2.45) is 0 Å². The number of rotatable bonds is 6. The van der Waals surface area contributed by atoms with E-state index in [-0.39, 0.29) is 35.5 Å². The second-order valence-corrected chi connectivity index (χ2v) is 8.70. The molecule has 1 heterocycles. The van der Waals surface area contributed by atoms with Crippen LogP contribution in [0.5, 0.6) is 5.75 Å². The Hall–Kier alpha value is -1.54. The molecule has 1 aliphatic heterocycles. The van der Waals surface area contributed by atoms with Crippen LogP contribution in [0.4, 0.5) is 0 Å². The molecule has 1 atom stereocenters. The standard InChI is InChI=1S/C18H22Cl2N4O3/c1-24-5-4-14(23-24)16(26)22-18-8-17(9-18,10-18)21-15(25)7-27-11-2-3-12(19)13(20)6-11/h2-3,6,14,23H,4-5,7-10H2,1H3,(H,21,25)(H,22,26). The Morgan fingerprint density at radius 3 is 2.56 bits per heavy atom. The summed E-state index contributed by atoms with van der Waals surface area (Å²) in [6.45, 7) is 0.779. The van der Waals surface area contributed by atoms with Gasteiger partial charge in [0.15, 0.2) is 6.61 Å². The molecule has 3 N–H and O–H groups in total. The zero-order valence-corrected chi connectivity index (χ0v) is 16.5. The maximum absolute atomic E-state index is 12.3. The van der Waals surface area contributed by atoms with E-state index in [9.17, 15) is 9.59 Å². The topological polar surface area (TPSA) is 82.7 Å². The number of hydrogen-bond acceptors (Lipinski definition) is 5. The molecule has 27 heavy (non-hydrogen) atoms. The lowest BCUT2D eigenvalue weighted by Crippen LogP contribution is -2.84. The summed E-state index contributed by atoms with van der Waals surface area (Å²) in [6.07, 6.45) is 3.12. The maximum atomic E-state index is 12.3. The number of carbonyl (C=O) groups is 2. The summed E-state index contributed by atoms with van der Waals surface area (Å²) in [7, 11) is 1.93. The molecule has 9 heteroatoms. The first kappa shape index (κ1) is 18.8. The molecule has 2 bridgehead atoms. The molecule has 1 aromatic carbocycles. The summed E-state index contributed by atoms with van der Waals surface area (Å²) in [5.41, 5.74) is 2.78. The first-order valence-corrected chi connectivity index (χ1v) is 9.72. The molecule has 146 valence electrons. The molecule has 1 aromatic rings. The molecule has 0 radical (unpaired) electrons. The predicted molar refractivity (Wildman–Crippen MR) is 102 cm³/mol. The Kier molecular flexibility index (Phi) is 4.74. The van der Waals surface area contributed by atoms with Gasteiger partial charge in [-0.25, -0.2) is 10.4 Å². The van der Waals surface area contributed by atoms with Crippen LogP contribution in [-0.2, 0) is 9.59 Å². The van der Waals surface area contributed by atoms with Gasteiger partial charge in [-0.2, -0.15) is 0 Å². The third kappa shape index (κ3) is 3.74. The molecule has 3 saturated carbocycles. The van der Waals surface area contributed by atoms with Crippen molar-refractivity contribution in [2.45, 2.75) is 42.8 Å². The van der Waals surface area contributed by atoms with Gasteiger partial charge in [0, 0.05) is 30.7 Å². The number of benzene rings is 1. The van der Waals surface area contributed by atoms with E-state index in [0.29, 0.717) is 15.8 Å². The minimum absolute atomic E-state index is 0.0435. The zero-order valence-electron chi connectivity index (χ0n) is 15.0. The number of hydrogen-bond donors (Lipinski definition) is 3. The van der Waals surface area contributed by atoms with Gasteiger partial charge in [-0.15, -0.1) is 0 Å². The first-order chi connectivity index (χ1) is 12.8. The normalized spacial score (nSPS) is 31.6. The van der Waals surface area contributed by atoms with Gasteiger partial charge >= 0.3 is 0 Å². The highest BCUT2D eigenvalue weighted by atomic mass is 35.5. The van der Waals surface area contributed by atoms with Gasteiger partial charge in [0.2, 0.25) is 5.91 Å². The summed E-state index contributed by atoms with van der Waals surface area (Å²) in [6, 6.07) is 4.72. The predicted octanol–water partition coefficient (Wildman–Crippen LogP) is 1.49. The van der Waals surface area contributed by atoms with Gasteiger partial charge in [-0.3, -0.25) is 9.59 Å². The number of hydrazine groups is 1. The zero-order chi connectivity index (χ0) is 19.2. The van der Waals surface area contributed by atoms with Crippen LogP contribution in [0.25, 0.3) is 0 Å². The summed E-state index contributed by atoms with van der Waals surface area (Å²) in [5, 5.41) is 8.94. The van der Waals surface area contributed by atoms with Gasteiger partial charge < -0.3 is 15.4 Å². The summed E-state index contributed by atoms with van der Waals surface area (Å²) >= 11 is 11.8. The number of nitrogens with zero attached hydrogens (tertiary/aromatic N) is 1. The minimum Gasteiger partial charge on any atom is -0.484 e. The van der Waals surface area contributed by atoms with Gasteiger partial charge in [0.05, 0.1) is 10.0 Å². The number of carbonyl (C=O) groups excluding carboxylic acids is 2. The fraction of sp³-hybridized carbons (Fsp3) is 0.556. The van der Waals surface area contributed by atoms with Crippen molar-refractivity contribution in [3.05, 3.63) is 28.2 Å². The molecule has 5 rings (SSSR count). The quantitative estimate of drug-likeness (QED) is 0.659. The number of amides is 2. The van der Waals surface area contributed by atoms with Crippen molar-refractivity contribution in [3.8, 4) is 5.75 Å². The molecule has 4 aliphatic rings. The molecule has 2 amide bonds. The van der Waals surface area contributed by atoms with E-state index in [2.05, 4.69) is 16.1 Å². The second-order valence-electron chi connectivity index (χ2n) is 7.88. The highest BCUT2D eigenvalue weighted by Gasteiger charge is 2.69. The molecular formula is C18H22Cl2N4O3. The molecule has 7 nitrogen and oxygen atoms in total. The van der Waals surface area contributed by atoms with Crippen LogP contribution in [0.3, 0.4) is 0 Å². The van der Waals surface area contributed by atoms with E-state index in [1.54, 1.807) is 18.2 Å². The SMILES string of the molecule is CN1CCC(C(=O)NC23CC(NC(=O)COc4ccc(Cl)c(Cl)c4)(C2)C3)N1. The van der Waals surface area contributed by atoms with Crippen LogP contribution >= 0.6 is 23.2 Å². The Bertz CT molecular complexity index is 768. The molecule has 1 saturated heterocycles. The second kappa shape index (κ2) is 6.81. The molecule has 0 spiro atoms. The van der Waals surface area contributed by atoms with E-state index in [4.69, 9.17) is 27.9 Å². The van der Waals surface area contributed by atoms with Gasteiger partial charge in [0.25, 0.3) is 5.91 Å². The van der Waals surface area contributed by atoms with Crippen molar-refractivity contribution in [2.75, 3.05) is 20.2 Å². The van der Waals surface area contributed by atoms with E-state index in [0.717, 1.165) is 32.2 Å². The fourth-order valence-electron chi connectivity index (χ4n) is 4.36. The highest BCUT2D eigenvalue weighted by Crippen LogP contribution is 2.60. The third-order valence-corrected chi connectivity index (χ3v) is 6.27. The van der Waals surface area contributed by atoms with Crippen molar-refractivity contribution >= 4 is 35.0 Å². The average molecular weight is 413 g/mol. The third-order valence-electron chi connectivity index (χ3n) is 5.53. The largest absolute Gasteiger partial charge is 0.484 e. The van der Waals surface area contributed by atoms with Crippen LogP contribution in [-0.4, -0.2) is 54.1 Å². The van der Waals surface area contributed by atoms with Crippen LogP contribution in [0, 0.1) is 0 Å². The minimum atomic E-state index is -0.203. The Morgan fingerprint density at radius 2 is 1.93 bits per heavy atom. The van der Waals surface area contributed by atoms with E-state index >= 15 is 0 Å². The summed E-state index contributed by atoms with van der Waals surface area (Å²) in [4.78, 5) is 24.5. The molecule has 1 unspecified atom stereocenters. The molecule has 0 aromatic heterocycles. The first-order valence-electron chi connectivity index (χ1n) is 8.96. The van der Waals surface area contributed by atoms with E-state index in [1.807, 2.05) is 12.1 Å². The van der Waals surface area contributed by atoms with Crippen molar-refractivity contribution < 1.29 is 14.3 Å². The lowest BCUT2D eigenvalue weighted by atomic mass is 9.44. The van der Waals surface area contributed by atoms with Crippen LogP contribution in [0.15, 0.2) is 18.2 Å². The average Bonchev–Trinajstić information content (AvgIpc) is 2.99. The van der Waals surface area contributed by atoms with Crippen LogP contribution in [0.1, 0.15) is 25.7 Å². The monoisotopic (exact) mass is 412 g/mol. The number of ether oxygens (including phenoxy) is 1. The fourth-order valence-corrected chi connectivity index (χ4v) is 4.64. The van der Waals surface area contributed by atoms with E-state index in [1.165, 1.54) is 0 Å². The van der Waals surface area contributed by atoms with Crippen LogP contribution < -0.4 is 20.8 Å². The molecule has 4 fully saturated rings. The molecule has 3 aliphatic carbocycles. The number of nitrogens with one attached hydrogen (secondary N) is 3. The van der Waals surface area contributed by atoms with Gasteiger partial charge in [-0.05, 0) is 37.8 Å². The van der Waals surface area contributed by atoms with E-state index < -0.39 is 0 Å². The summed E-state index contributed by atoms with van der Waals surface area (Å²) < 4.78 is 5.46. The molecular weight excluding hydrogens is 391 g/mol.